The smallest absolute Gasteiger partial charge is 0.303 e. The first kappa shape index (κ1) is 17.1. The van der Waals surface area contributed by atoms with E-state index in [0.717, 1.165) is 24.5 Å². The van der Waals surface area contributed by atoms with Gasteiger partial charge in [-0.1, -0.05) is 0 Å². The van der Waals surface area contributed by atoms with E-state index in [1.807, 2.05) is 0 Å². The Labute approximate surface area is 120 Å². The molecule has 0 saturated carbocycles. The molecule has 9 heteroatoms. The number of carboxylic acids is 1. The summed E-state index contributed by atoms with van der Waals surface area (Å²) in [4.78, 5) is 21.9. The fraction of sp³-hybridized carbons (Fsp3) is 0.333. The molecule has 1 rings (SSSR count). The highest BCUT2D eigenvalue weighted by molar-refractivity contribution is 7.90. The number of nitrogens with two attached hydrogens (primary N) is 1. The Morgan fingerprint density at radius 3 is 2.57 bits per heavy atom. The maximum Gasteiger partial charge on any atom is 0.303 e. The van der Waals surface area contributed by atoms with Crippen molar-refractivity contribution in [2.24, 2.45) is 5.73 Å². The molecule has 1 unspecified atom stereocenters. The molecule has 1 aromatic carbocycles. The molecule has 0 radical (unpaired) electrons. The Morgan fingerprint density at radius 1 is 1.43 bits per heavy atom. The van der Waals surface area contributed by atoms with Gasteiger partial charge in [-0.05, 0) is 24.6 Å². The molecular formula is C12H15FN2O5S. The number of carboxylic acid groups (broad SMARTS) is 1. The summed E-state index contributed by atoms with van der Waals surface area (Å²) in [5.74, 6) is -2.72. The molecule has 1 atom stereocenters. The van der Waals surface area contributed by atoms with Crippen molar-refractivity contribution in [1.29, 1.82) is 0 Å². The fourth-order valence-electron chi connectivity index (χ4n) is 1.47. The quantitative estimate of drug-likeness (QED) is 0.650. The van der Waals surface area contributed by atoms with E-state index in [4.69, 9.17) is 10.8 Å². The van der Waals surface area contributed by atoms with Crippen LogP contribution in [0.3, 0.4) is 0 Å². The number of rotatable bonds is 6. The lowest BCUT2D eigenvalue weighted by atomic mass is 10.1. The lowest BCUT2D eigenvalue weighted by molar-refractivity contribution is -0.137. The standard InChI is InChI=1S/C12H15FN2O5S/c1-21(19,20)7-2-3-8(13)10(6-7)15-12(18)9(14)4-5-11(16)17/h2-3,6,9H,4-5,14H2,1H3,(H,15,18)(H,16,17). The number of carbonyl (C=O) groups is 2. The maximum absolute atomic E-state index is 13.6. The van der Waals surface area contributed by atoms with E-state index in [1.165, 1.54) is 0 Å². The summed E-state index contributed by atoms with van der Waals surface area (Å²) < 4.78 is 36.3. The van der Waals surface area contributed by atoms with E-state index in [9.17, 15) is 22.4 Å². The van der Waals surface area contributed by atoms with E-state index in [1.54, 1.807) is 0 Å². The van der Waals surface area contributed by atoms with Crippen molar-refractivity contribution in [2.45, 2.75) is 23.8 Å². The second-order valence-corrected chi connectivity index (χ2v) is 6.46. The van der Waals surface area contributed by atoms with Crippen LogP contribution in [-0.2, 0) is 19.4 Å². The van der Waals surface area contributed by atoms with Crippen LogP contribution in [0.4, 0.5) is 10.1 Å². The highest BCUT2D eigenvalue weighted by Gasteiger charge is 2.18. The van der Waals surface area contributed by atoms with Crippen molar-refractivity contribution in [2.75, 3.05) is 11.6 Å². The Bertz CT molecular complexity index is 660. The monoisotopic (exact) mass is 318 g/mol. The number of hydrogen-bond donors (Lipinski definition) is 3. The summed E-state index contributed by atoms with van der Waals surface area (Å²) in [5, 5.41) is 10.6. The summed E-state index contributed by atoms with van der Waals surface area (Å²) >= 11 is 0. The Hall–Kier alpha value is -2.00. The highest BCUT2D eigenvalue weighted by Crippen LogP contribution is 2.19. The molecule has 0 aliphatic carbocycles. The highest BCUT2D eigenvalue weighted by atomic mass is 32.2. The summed E-state index contributed by atoms with van der Waals surface area (Å²) in [5.41, 5.74) is 5.15. The van der Waals surface area contributed by atoms with Crippen molar-refractivity contribution < 1.29 is 27.5 Å². The van der Waals surface area contributed by atoms with E-state index < -0.39 is 33.6 Å². The first-order valence-electron chi connectivity index (χ1n) is 5.89. The van der Waals surface area contributed by atoms with Crippen LogP contribution in [0.5, 0.6) is 0 Å². The summed E-state index contributed by atoms with van der Waals surface area (Å²) in [6.45, 7) is 0. The molecule has 0 aromatic heterocycles. The molecule has 116 valence electrons. The molecule has 7 nitrogen and oxygen atoms in total. The third-order valence-corrected chi connectivity index (χ3v) is 3.74. The predicted molar refractivity (Wildman–Crippen MR) is 73.0 cm³/mol. The minimum Gasteiger partial charge on any atom is -0.481 e. The predicted octanol–water partition coefficient (Wildman–Crippen LogP) is 0.360. The van der Waals surface area contributed by atoms with E-state index in [0.29, 0.717) is 0 Å². The first-order valence-corrected chi connectivity index (χ1v) is 7.78. The van der Waals surface area contributed by atoms with Crippen molar-refractivity contribution >= 4 is 27.4 Å². The molecule has 0 bridgehead atoms. The lowest BCUT2D eigenvalue weighted by Gasteiger charge is -2.12. The molecule has 0 aliphatic rings. The van der Waals surface area contributed by atoms with Gasteiger partial charge in [-0.15, -0.1) is 0 Å². The molecule has 0 spiro atoms. The molecule has 0 heterocycles. The van der Waals surface area contributed by atoms with Crippen LogP contribution in [0.1, 0.15) is 12.8 Å². The number of carbonyl (C=O) groups excluding carboxylic acids is 1. The number of sulfone groups is 1. The SMILES string of the molecule is CS(=O)(=O)c1ccc(F)c(NC(=O)C(N)CCC(=O)O)c1. The number of nitrogens with one attached hydrogen (secondary N) is 1. The minimum atomic E-state index is -3.55. The van der Waals surface area contributed by atoms with Crippen molar-refractivity contribution in [1.82, 2.24) is 0 Å². The number of anilines is 1. The van der Waals surface area contributed by atoms with Crippen LogP contribution >= 0.6 is 0 Å². The van der Waals surface area contributed by atoms with Gasteiger partial charge in [0.15, 0.2) is 9.84 Å². The van der Waals surface area contributed by atoms with Crippen LogP contribution in [-0.4, -0.2) is 37.7 Å². The molecule has 0 saturated heterocycles. The van der Waals surface area contributed by atoms with Gasteiger partial charge < -0.3 is 16.2 Å². The summed E-state index contributed by atoms with van der Waals surface area (Å²) in [6, 6.07) is 1.83. The van der Waals surface area contributed by atoms with Gasteiger partial charge in [0.2, 0.25) is 5.91 Å². The van der Waals surface area contributed by atoms with Crippen LogP contribution in [0, 0.1) is 5.82 Å². The average molecular weight is 318 g/mol. The van der Waals surface area contributed by atoms with Gasteiger partial charge in [-0.3, -0.25) is 9.59 Å². The zero-order chi connectivity index (χ0) is 16.2. The van der Waals surface area contributed by atoms with Crippen molar-refractivity contribution in [3.05, 3.63) is 24.0 Å². The molecule has 4 N–H and O–H groups in total. The molecule has 0 fully saturated rings. The number of amides is 1. The van der Waals surface area contributed by atoms with E-state index in [2.05, 4.69) is 5.32 Å². The Kier molecular flexibility index (Phi) is 5.39. The largest absolute Gasteiger partial charge is 0.481 e. The topological polar surface area (TPSA) is 127 Å². The molecular weight excluding hydrogens is 303 g/mol. The van der Waals surface area contributed by atoms with Crippen molar-refractivity contribution in [3.63, 3.8) is 0 Å². The van der Waals surface area contributed by atoms with Gasteiger partial charge in [0.25, 0.3) is 0 Å². The third kappa shape index (κ3) is 5.12. The zero-order valence-electron chi connectivity index (χ0n) is 11.2. The molecule has 1 aromatic rings. The van der Waals surface area contributed by atoms with Crippen LogP contribution < -0.4 is 11.1 Å². The zero-order valence-corrected chi connectivity index (χ0v) is 12.0. The Morgan fingerprint density at radius 2 is 2.05 bits per heavy atom. The molecule has 0 aliphatic heterocycles. The van der Waals surface area contributed by atoms with Crippen LogP contribution in [0.25, 0.3) is 0 Å². The summed E-state index contributed by atoms with van der Waals surface area (Å²) in [6.07, 6.45) is 0.527. The van der Waals surface area contributed by atoms with Gasteiger partial charge >= 0.3 is 5.97 Å². The number of halogens is 1. The average Bonchev–Trinajstić information content (AvgIpc) is 2.36. The number of hydrogen-bond acceptors (Lipinski definition) is 5. The normalized spacial score (nSPS) is 12.7. The summed E-state index contributed by atoms with van der Waals surface area (Å²) in [7, 11) is -3.55. The van der Waals surface area contributed by atoms with Crippen LogP contribution in [0.15, 0.2) is 23.1 Å². The maximum atomic E-state index is 13.6. The Balaban J connectivity index is 2.87. The van der Waals surface area contributed by atoms with E-state index >= 15 is 0 Å². The number of benzene rings is 1. The molecule has 1 amide bonds. The van der Waals surface area contributed by atoms with Crippen molar-refractivity contribution in [3.8, 4) is 0 Å². The first-order chi connectivity index (χ1) is 9.61. The minimum absolute atomic E-state index is 0.117. The third-order valence-electron chi connectivity index (χ3n) is 2.63. The molecule has 21 heavy (non-hydrogen) atoms. The van der Waals surface area contributed by atoms with Gasteiger partial charge in [0, 0.05) is 12.7 Å². The number of aliphatic carboxylic acids is 1. The second-order valence-electron chi connectivity index (χ2n) is 4.44. The van der Waals surface area contributed by atoms with Gasteiger partial charge in [-0.25, -0.2) is 12.8 Å². The van der Waals surface area contributed by atoms with Gasteiger partial charge in [0.05, 0.1) is 16.6 Å². The van der Waals surface area contributed by atoms with E-state index in [-0.39, 0.29) is 23.4 Å². The van der Waals surface area contributed by atoms with Gasteiger partial charge in [-0.2, -0.15) is 0 Å². The lowest BCUT2D eigenvalue weighted by Crippen LogP contribution is -2.36. The van der Waals surface area contributed by atoms with Gasteiger partial charge in [0.1, 0.15) is 5.82 Å². The van der Waals surface area contributed by atoms with Crippen LogP contribution in [0.2, 0.25) is 0 Å². The second kappa shape index (κ2) is 6.64. The fourth-order valence-corrected chi connectivity index (χ4v) is 2.11.